The first kappa shape index (κ1) is 44.7. The highest BCUT2D eigenvalue weighted by molar-refractivity contribution is 6.04. The molecule has 0 fully saturated rings. The van der Waals surface area contributed by atoms with E-state index in [0.29, 0.717) is 48.4 Å². The van der Waals surface area contributed by atoms with Crippen LogP contribution < -0.4 is 31.1 Å². The lowest BCUT2D eigenvalue weighted by Gasteiger charge is -2.33. The molecule has 6 N–H and O–H groups in total. The van der Waals surface area contributed by atoms with E-state index in [4.69, 9.17) is 0 Å². The normalized spacial score (nSPS) is 15.9. The number of benzene rings is 4. The van der Waals surface area contributed by atoms with E-state index in [1.54, 1.807) is 48.5 Å². The van der Waals surface area contributed by atoms with Gasteiger partial charge in [0, 0.05) is 51.7 Å². The van der Waals surface area contributed by atoms with Crippen molar-refractivity contribution < 1.29 is 46.1 Å². The number of fused-ring (bicyclic) bond motifs is 2. The molecule has 0 spiro atoms. The quantitative estimate of drug-likeness (QED) is 0.0494. The number of aromatic hydroxyl groups is 2. The Bertz CT molecular complexity index is 2680. The van der Waals surface area contributed by atoms with E-state index >= 15 is 0 Å². The largest absolute Gasteiger partial charge is 0.494 e. The monoisotopic (exact) mass is 908 g/mol. The number of nitrogens with one attached hydrogen (secondary N) is 4. The van der Waals surface area contributed by atoms with E-state index in [1.807, 2.05) is 12.1 Å². The lowest BCUT2D eigenvalue weighted by molar-refractivity contribution is -0.138. The minimum Gasteiger partial charge on any atom is -0.494 e. The van der Waals surface area contributed by atoms with Gasteiger partial charge >= 0.3 is 24.4 Å². The molecule has 2 atom stereocenters. The minimum absolute atomic E-state index is 0.0686. The first-order chi connectivity index (χ1) is 31.6. The summed E-state index contributed by atoms with van der Waals surface area (Å²) in [5.41, 5.74) is 0.559. The van der Waals surface area contributed by atoms with Gasteiger partial charge in [-0.1, -0.05) is 36.4 Å². The van der Waals surface area contributed by atoms with Crippen LogP contribution in [-0.2, 0) is 25.4 Å². The number of carbonyl (C=O) groups excluding carboxylic acids is 2. The van der Waals surface area contributed by atoms with Gasteiger partial charge in [-0.25, -0.2) is 9.59 Å². The number of aromatic nitrogens is 2. The van der Waals surface area contributed by atoms with Crippen LogP contribution in [-0.4, -0.2) is 57.6 Å². The summed E-state index contributed by atoms with van der Waals surface area (Å²) in [6, 6.07) is 22.0. The van der Waals surface area contributed by atoms with Crippen LogP contribution in [0.15, 0.2) is 109 Å². The topological polar surface area (TPSA) is 187 Å². The number of amides is 4. The van der Waals surface area contributed by atoms with Gasteiger partial charge in [-0.15, -0.1) is 0 Å². The van der Waals surface area contributed by atoms with Crippen molar-refractivity contribution in [3.8, 4) is 23.9 Å². The van der Waals surface area contributed by atoms with Gasteiger partial charge in [0.2, 0.25) is 0 Å². The van der Waals surface area contributed by atoms with E-state index in [-0.39, 0.29) is 58.7 Å². The fourth-order valence-electron chi connectivity index (χ4n) is 8.07. The van der Waals surface area contributed by atoms with Crippen LogP contribution in [0, 0.1) is 22.7 Å². The zero-order valence-electron chi connectivity index (χ0n) is 34.5. The summed E-state index contributed by atoms with van der Waals surface area (Å²) in [6.45, 7) is 1.82. The number of nitriles is 2. The van der Waals surface area contributed by atoms with Gasteiger partial charge in [0.1, 0.15) is 0 Å². The number of carbonyl (C=O) groups is 2. The molecule has 4 heterocycles. The summed E-state index contributed by atoms with van der Waals surface area (Å²) in [5, 5.41) is 53.7. The highest BCUT2D eigenvalue weighted by atomic mass is 19.4. The van der Waals surface area contributed by atoms with Crippen LogP contribution in [0.5, 0.6) is 11.8 Å². The average Bonchev–Trinajstić information content (AvgIpc) is 3.80. The van der Waals surface area contributed by atoms with Crippen molar-refractivity contribution in [2.75, 3.05) is 36.0 Å². The molecular weight excluding hydrogens is 871 g/mol. The SMILES string of the molecule is N#Cc1ccc([C@H]2NC(=O)N(c3cccc(C(F)(F)F)c3)c3cn(CCNCCNCCn4cc5c(c4O)[C@@H](c4ccc(C#N)cc4)NC(=O)N5c4cccc(C(F)(F)F)c4)c(O)c32)cc1. The second kappa shape index (κ2) is 17.9. The molecule has 2 aromatic heterocycles. The Balaban J connectivity index is 0.945. The first-order valence-electron chi connectivity index (χ1n) is 20.4. The smallest absolute Gasteiger partial charge is 0.416 e. The van der Waals surface area contributed by atoms with Gasteiger partial charge in [0.15, 0.2) is 11.8 Å². The maximum absolute atomic E-state index is 13.7. The molecule has 2 aliphatic rings. The summed E-state index contributed by atoms with van der Waals surface area (Å²) in [4.78, 5) is 29.4. The fraction of sp³-hybridized carbons (Fsp3) is 0.217. The molecule has 0 bridgehead atoms. The third-order valence-corrected chi connectivity index (χ3v) is 11.3. The van der Waals surface area contributed by atoms with E-state index in [0.717, 1.165) is 34.1 Å². The predicted molar refractivity (Wildman–Crippen MR) is 228 cm³/mol. The van der Waals surface area contributed by atoms with Gasteiger partial charge in [0.05, 0.1) is 80.4 Å². The molecule has 0 unspecified atom stereocenters. The van der Waals surface area contributed by atoms with Gasteiger partial charge in [0.25, 0.3) is 0 Å². The van der Waals surface area contributed by atoms with Crippen LogP contribution >= 0.6 is 0 Å². The molecule has 6 aromatic rings. The molecule has 66 heavy (non-hydrogen) atoms. The van der Waals surface area contributed by atoms with Crippen molar-refractivity contribution >= 4 is 34.8 Å². The van der Waals surface area contributed by atoms with Crippen molar-refractivity contribution in [1.29, 1.82) is 10.5 Å². The molecule has 0 saturated carbocycles. The highest BCUT2D eigenvalue weighted by Crippen LogP contribution is 2.47. The Hall–Kier alpha value is -7.94. The number of rotatable bonds is 13. The molecule has 0 aliphatic carbocycles. The van der Waals surface area contributed by atoms with Crippen molar-refractivity contribution in [3.63, 3.8) is 0 Å². The standard InChI is InChI=1S/C46H38F6N10O4/c47-45(48,49)31-3-1-5-33(21-31)61-35-25-59(41(63)37(35)39(57-43(61)65)29-11-7-27(23-53)8-12-29)19-17-55-15-16-56-18-20-60-26-36-38(42(60)64)40(30-13-9-28(24-54)10-14-30)58-44(66)62(36)34-6-2-4-32(22-34)46(50,51)52/h1-14,21-22,25-26,39-40,55-56,63-64H,15-20H2,(H,57,65)(H,58,66)/t39-,40-/m1/s1. The van der Waals surface area contributed by atoms with Gasteiger partial charge in [-0.05, 0) is 71.8 Å². The van der Waals surface area contributed by atoms with E-state index < -0.39 is 47.6 Å². The summed E-state index contributed by atoms with van der Waals surface area (Å²) in [7, 11) is 0. The third kappa shape index (κ3) is 8.79. The van der Waals surface area contributed by atoms with Gasteiger partial charge in [-0.2, -0.15) is 36.9 Å². The molecule has 8 rings (SSSR count). The van der Waals surface area contributed by atoms with E-state index in [2.05, 4.69) is 21.3 Å². The van der Waals surface area contributed by atoms with Gasteiger partial charge < -0.3 is 40.6 Å². The van der Waals surface area contributed by atoms with Crippen molar-refractivity contribution in [1.82, 2.24) is 30.4 Å². The second-order valence-corrected chi connectivity index (χ2v) is 15.4. The number of halogens is 6. The van der Waals surface area contributed by atoms with Crippen molar-refractivity contribution in [2.24, 2.45) is 0 Å². The van der Waals surface area contributed by atoms with Crippen LogP contribution in [0.1, 0.15) is 56.6 Å². The first-order valence-corrected chi connectivity index (χ1v) is 20.4. The minimum atomic E-state index is -4.67. The Morgan fingerprint density at radius 3 is 1.30 bits per heavy atom. The molecule has 20 heteroatoms. The average molecular weight is 909 g/mol. The lowest BCUT2D eigenvalue weighted by Crippen LogP contribution is -2.44. The summed E-state index contributed by atoms with van der Waals surface area (Å²) in [5.74, 6) is -0.453. The molecular formula is C46H38F6N10O4. The predicted octanol–water partition coefficient (Wildman–Crippen LogP) is 8.26. The molecule has 14 nitrogen and oxygen atoms in total. The maximum Gasteiger partial charge on any atom is 0.416 e. The molecule has 4 aromatic carbocycles. The van der Waals surface area contributed by atoms with Crippen molar-refractivity contribution in [3.05, 3.63) is 154 Å². The lowest BCUT2D eigenvalue weighted by atomic mass is 9.96. The van der Waals surface area contributed by atoms with Crippen LogP contribution in [0.4, 0.5) is 58.7 Å². The van der Waals surface area contributed by atoms with Crippen LogP contribution in [0.25, 0.3) is 0 Å². The Labute approximate surface area is 372 Å². The third-order valence-electron chi connectivity index (χ3n) is 11.3. The summed E-state index contributed by atoms with van der Waals surface area (Å²) < 4.78 is 85.1. The number of hydrogen-bond acceptors (Lipinski definition) is 8. The summed E-state index contributed by atoms with van der Waals surface area (Å²) >= 11 is 0. The molecule has 2 aliphatic heterocycles. The van der Waals surface area contributed by atoms with E-state index in [1.165, 1.54) is 45.8 Å². The number of alkyl halides is 6. The van der Waals surface area contributed by atoms with Crippen LogP contribution in [0.2, 0.25) is 0 Å². The maximum atomic E-state index is 13.7. The number of nitrogens with zero attached hydrogens (tertiary/aromatic N) is 6. The van der Waals surface area contributed by atoms with Gasteiger partial charge in [-0.3, -0.25) is 9.80 Å². The van der Waals surface area contributed by atoms with Crippen molar-refractivity contribution in [2.45, 2.75) is 37.5 Å². The number of anilines is 4. The molecule has 0 radical (unpaired) electrons. The van der Waals surface area contributed by atoms with Crippen LogP contribution in [0.3, 0.4) is 0 Å². The second-order valence-electron chi connectivity index (χ2n) is 15.4. The summed E-state index contributed by atoms with van der Waals surface area (Å²) in [6.07, 6.45) is -6.36. The number of hydrogen-bond donors (Lipinski definition) is 6. The molecule has 338 valence electrons. The Morgan fingerprint density at radius 2 is 0.955 bits per heavy atom. The molecule has 4 amide bonds. The number of urea groups is 2. The Morgan fingerprint density at radius 1 is 0.576 bits per heavy atom. The highest BCUT2D eigenvalue weighted by Gasteiger charge is 2.41. The zero-order chi connectivity index (χ0) is 46.9. The fourth-order valence-corrected chi connectivity index (χ4v) is 8.07. The Kier molecular flexibility index (Phi) is 12.1. The van der Waals surface area contributed by atoms with E-state index in [9.17, 15) is 56.7 Å². The zero-order valence-corrected chi connectivity index (χ0v) is 34.5. The molecule has 0 saturated heterocycles.